The number of halogens is 20. The highest BCUT2D eigenvalue weighted by atomic mass is 79.9. The van der Waals surface area contributed by atoms with E-state index in [1.165, 1.54) is 24.3 Å². The zero-order valence-corrected chi connectivity index (χ0v) is 32.4. The lowest BCUT2D eigenvalue weighted by Gasteiger charge is -2.03. The Bertz CT molecular complexity index is 1770. The fourth-order valence-electron chi connectivity index (χ4n) is 3.29. The van der Waals surface area contributed by atoms with Crippen LogP contribution in [0.5, 0.6) is 0 Å². The first kappa shape index (κ1) is 58.1. The number of benzene rings is 4. The van der Waals surface area contributed by atoms with Gasteiger partial charge in [-0.1, -0.05) is 63.7 Å². The SMILES string of the molecule is N#[N+]c1ccc(Br)cc1C(F)(F)F.N#[N+]c1ccc(Br)cc1C(F)(F)F.N#[N+]c1ccc(Br)cc1C(F)(F)F.N#[N+]c1ccc(Br)cc1C(F)(F)F.[F-].[F-].[F-].[F-]. The topological polar surface area (TPSA) is 113 Å². The van der Waals surface area contributed by atoms with Crippen LogP contribution in [0.15, 0.2) is 90.7 Å². The Balaban J connectivity index is -0.000000314. The van der Waals surface area contributed by atoms with Gasteiger partial charge in [-0.3, -0.25) is 0 Å². The summed E-state index contributed by atoms with van der Waals surface area (Å²) in [6.45, 7) is 0. The molecule has 0 N–H and O–H groups in total. The summed E-state index contributed by atoms with van der Waals surface area (Å²) in [6.07, 6.45) is -18.0. The summed E-state index contributed by atoms with van der Waals surface area (Å²) in [5.74, 6) is 0. The van der Waals surface area contributed by atoms with Crippen LogP contribution in [0.3, 0.4) is 0 Å². The highest BCUT2D eigenvalue weighted by Crippen LogP contribution is 2.40. The van der Waals surface area contributed by atoms with E-state index in [9.17, 15) is 52.7 Å². The van der Waals surface area contributed by atoms with Gasteiger partial charge < -0.3 is 18.8 Å². The third kappa shape index (κ3) is 18.3. The molecule has 0 aromatic heterocycles. The minimum atomic E-state index is -4.51. The lowest BCUT2D eigenvalue weighted by molar-refractivity contribution is -0.137. The van der Waals surface area contributed by atoms with E-state index in [1.54, 1.807) is 0 Å². The molecule has 0 spiro atoms. The molecule has 0 heterocycles. The summed E-state index contributed by atoms with van der Waals surface area (Å²) in [4.78, 5) is 10.1. The van der Waals surface area contributed by atoms with E-state index in [-0.39, 0.29) is 36.7 Å². The standard InChI is InChI=1S/4C7H3BrF3N2.4FH/c4*8-4-1-2-6(13-12)5(3-4)7(9,10)11;;;;/h4*1-3H;4*1H/q4*+1;;;;/p-4. The number of hydrogen-bond acceptors (Lipinski definition) is 4. The largest absolute Gasteiger partial charge is 1.00 e. The minimum absolute atomic E-state index is 0. The van der Waals surface area contributed by atoms with Crippen LogP contribution in [0.4, 0.5) is 75.4 Å². The molecule has 4 aromatic rings. The van der Waals surface area contributed by atoms with Crippen LogP contribution in [0.1, 0.15) is 22.3 Å². The normalized spacial score (nSPS) is 10.2. The summed E-state index contributed by atoms with van der Waals surface area (Å²) < 4.78 is 148. The molecule has 28 heteroatoms. The van der Waals surface area contributed by atoms with Crippen molar-refractivity contribution in [3.05, 3.63) is 133 Å². The second kappa shape index (κ2) is 24.1. The van der Waals surface area contributed by atoms with Gasteiger partial charge in [0.05, 0.1) is 0 Å². The molecule has 0 aliphatic heterocycles. The van der Waals surface area contributed by atoms with Crippen LogP contribution in [0, 0.1) is 21.6 Å². The third-order valence-electron chi connectivity index (χ3n) is 5.49. The Morgan fingerprint density at radius 2 is 0.464 bits per heavy atom. The monoisotopic (exact) mass is 1080 g/mol. The summed E-state index contributed by atoms with van der Waals surface area (Å²) >= 11 is 11.6. The fourth-order valence-corrected chi connectivity index (χ4v) is 4.73. The van der Waals surface area contributed by atoms with Crippen molar-refractivity contribution >= 4 is 86.5 Å². The molecular weight excluding hydrogens is 1070 g/mol. The van der Waals surface area contributed by atoms with Crippen molar-refractivity contribution in [2.24, 2.45) is 0 Å². The van der Waals surface area contributed by atoms with E-state index < -0.39 is 69.7 Å². The maximum atomic E-state index is 12.2. The molecule has 0 unspecified atom stereocenters. The van der Waals surface area contributed by atoms with Gasteiger partial charge in [0.25, 0.3) is 0 Å². The van der Waals surface area contributed by atoms with Gasteiger partial charge in [-0.05, 0) is 48.5 Å². The van der Waals surface area contributed by atoms with Crippen molar-refractivity contribution < 1.29 is 71.5 Å². The molecule has 0 atom stereocenters. The van der Waals surface area contributed by atoms with Crippen molar-refractivity contribution in [1.82, 2.24) is 0 Å². The molecule has 0 bridgehead atoms. The van der Waals surface area contributed by atoms with Gasteiger partial charge in [0, 0.05) is 42.2 Å². The lowest BCUT2D eigenvalue weighted by Crippen LogP contribution is -3.00. The number of rotatable bonds is 0. The van der Waals surface area contributed by atoms with E-state index in [0.717, 1.165) is 48.5 Å². The molecule has 0 saturated carbocycles. The first-order valence-corrected chi connectivity index (χ1v) is 15.8. The first-order chi connectivity index (χ1) is 23.8. The molecule has 0 aliphatic carbocycles. The molecule has 0 aliphatic rings. The van der Waals surface area contributed by atoms with E-state index in [4.69, 9.17) is 21.6 Å². The van der Waals surface area contributed by atoms with Gasteiger partial charge >= 0.3 is 47.5 Å². The Labute approximate surface area is 335 Å². The molecule has 304 valence electrons. The van der Waals surface area contributed by atoms with Crippen molar-refractivity contribution in [2.45, 2.75) is 24.7 Å². The second-order valence-electron chi connectivity index (χ2n) is 9.04. The van der Waals surface area contributed by atoms with E-state index in [1.807, 2.05) is 0 Å². The van der Waals surface area contributed by atoms with Crippen LogP contribution in [0.25, 0.3) is 19.9 Å². The van der Waals surface area contributed by atoms with Crippen molar-refractivity contribution in [3.8, 4) is 0 Å². The maximum absolute atomic E-state index is 12.2. The van der Waals surface area contributed by atoms with Gasteiger partial charge in [-0.2, -0.15) is 52.7 Å². The molecule has 0 radical (unpaired) electrons. The van der Waals surface area contributed by atoms with Crippen molar-refractivity contribution in [1.29, 1.82) is 21.6 Å². The maximum Gasteiger partial charge on any atom is 0.424 e. The first-order valence-electron chi connectivity index (χ1n) is 12.7. The average molecular weight is 1080 g/mol. The van der Waals surface area contributed by atoms with Crippen LogP contribution in [-0.4, -0.2) is 0 Å². The summed E-state index contributed by atoms with van der Waals surface area (Å²) in [5, 5.41) is 33.1. The van der Waals surface area contributed by atoms with Crippen LogP contribution in [0.2, 0.25) is 0 Å². The molecule has 4 aromatic carbocycles. The Morgan fingerprint density at radius 1 is 0.321 bits per heavy atom. The molecule has 8 nitrogen and oxygen atoms in total. The summed E-state index contributed by atoms with van der Waals surface area (Å²) in [6, 6.07) is 13.2. The van der Waals surface area contributed by atoms with Gasteiger partial charge in [0.2, 0.25) is 21.6 Å². The van der Waals surface area contributed by atoms with Gasteiger partial charge in [0.15, 0.2) is 42.2 Å². The van der Waals surface area contributed by atoms with E-state index >= 15 is 0 Å². The number of alkyl halides is 12. The third-order valence-corrected chi connectivity index (χ3v) is 7.46. The summed E-state index contributed by atoms with van der Waals surface area (Å²) in [7, 11) is 0. The highest BCUT2D eigenvalue weighted by Gasteiger charge is 2.41. The molecule has 0 fully saturated rings. The predicted octanol–water partition coefficient (Wildman–Crippen LogP) is 3.83. The number of nitrogens with zero attached hydrogens (tertiary/aromatic N) is 8. The molecule has 4 rings (SSSR count). The van der Waals surface area contributed by atoms with Gasteiger partial charge in [-0.25, -0.2) is 0 Å². The van der Waals surface area contributed by atoms with Crippen LogP contribution in [-0.2, 0) is 24.7 Å². The van der Waals surface area contributed by atoms with Gasteiger partial charge in [-0.15, -0.1) is 0 Å². The van der Waals surface area contributed by atoms with Crippen LogP contribution < -0.4 is 18.8 Å². The zero-order valence-electron chi connectivity index (χ0n) is 26.1. The fraction of sp³-hybridized carbons (Fsp3) is 0.143. The van der Waals surface area contributed by atoms with Crippen LogP contribution >= 0.6 is 63.7 Å². The Morgan fingerprint density at radius 3 is 0.571 bits per heavy atom. The van der Waals surface area contributed by atoms with E-state index in [0.29, 0.717) is 0 Å². The second-order valence-corrected chi connectivity index (χ2v) is 12.7. The quantitative estimate of drug-likeness (QED) is 0.197. The highest BCUT2D eigenvalue weighted by molar-refractivity contribution is 9.11. The molecule has 0 amide bonds. The lowest BCUT2D eigenvalue weighted by atomic mass is 10.2. The Hall–Kier alpha value is -4.64. The van der Waals surface area contributed by atoms with Crippen molar-refractivity contribution in [2.75, 3.05) is 0 Å². The molecular formula is C28H12Br4F16N8. The van der Waals surface area contributed by atoms with Crippen molar-refractivity contribution in [3.63, 3.8) is 0 Å². The average Bonchev–Trinajstić information content (AvgIpc) is 3.04. The number of hydrogen-bond donors (Lipinski definition) is 0. The number of diazo groups is 4. The smallest absolute Gasteiger partial charge is 0.424 e. The zero-order chi connectivity index (χ0) is 40.2. The minimum Gasteiger partial charge on any atom is -1.00 e. The molecule has 0 saturated heterocycles. The molecule has 56 heavy (non-hydrogen) atoms. The van der Waals surface area contributed by atoms with E-state index in [2.05, 4.69) is 83.6 Å². The predicted molar refractivity (Wildman–Crippen MR) is 176 cm³/mol. The summed E-state index contributed by atoms with van der Waals surface area (Å²) in [5.41, 5.74) is -5.83. The Kier molecular flexibility index (Phi) is 25.0. The van der Waals surface area contributed by atoms with Gasteiger partial charge in [0.1, 0.15) is 0 Å².